The second kappa shape index (κ2) is 8.95. The first-order chi connectivity index (χ1) is 15.6. The minimum Gasteiger partial charge on any atom is -0.372 e. The van der Waals surface area contributed by atoms with E-state index >= 15 is 0 Å². The number of amides is 1. The van der Waals surface area contributed by atoms with Gasteiger partial charge >= 0.3 is 0 Å². The van der Waals surface area contributed by atoms with Crippen molar-refractivity contribution in [3.63, 3.8) is 0 Å². The molecule has 174 valence electrons. The fourth-order valence-corrected chi connectivity index (χ4v) is 5.85. The minimum atomic E-state index is -3.83. The zero-order valence-electron chi connectivity index (χ0n) is 18.4. The van der Waals surface area contributed by atoms with Gasteiger partial charge in [-0.2, -0.15) is 0 Å². The Morgan fingerprint density at radius 2 is 1.82 bits per heavy atom. The Hall–Kier alpha value is -3.24. The minimum absolute atomic E-state index is 0.00623. The number of sulfone groups is 1. The number of carbonyl (C=O) groups is 1. The highest BCUT2D eigenvalue weighted by Gasteiger charge is 2.28. The van der Waals surface area contributed by atoms with Crippen LogP contribution in [0.2, 0.25) is 0 Å². The van der Waals surface area contributed by atoms with Gasteiger partial charge in [0.2, 0.25) is 5.91 Å². The maximum Gasteiger partial charge on any atom is 0.269 e. The number of benzene rings is 2. The van der Waals surface area contributed by atoms with Gasteiger partial charge in [-0.25, -0.2) is 8.42 Å². The summed E-state index contributed by atoms with van der Waals surface area (Å²) in [7, 11) is -3.83. The zero-order valence-corrected chi connectivity index (χ0v) is 19.2. The van der Waals surface area contributed by atoms with E-state index < -0.39 is 14.8 Å². The number of hydrogen-bond acceptors (Lipinski definition) is 6. The maximum absolute atomic E-state index is 13.3. The van der Waals surface area contributed by atoms with Crippen LogP contribution in [-0.4, -0.2) is 54.0 Å². The molecule has 4 rings (SSSR count). The number of fused-ring (bicyclic) bond motifs is 1. The molecule has 0 bridgehead atoms. The number of nitro groups is 1. The van der Waals surface area contributed by atoms with Crippen LogP contribution in [0.4, 0.5) is 5.69 Å². The number of aromatic nitrogens is 1. The summed E-state index contributed by atoms with van der Waals surface area (Å²) in [6, 6.07) is 12.6. The number of non-ortho nitro benzene ring substituents is 1. The van der Waals surface area contributed by atoms with E-state index in [0.717, 1.165) is 0 Å². The van der Waals surface area contributed by atoms with Crippen LogP contribution in [0.1, 0.15) is 19.4 Å². The molecule has 0 saturated carbocycles. The lowest BCUT2D eigenvalue weighted by Gasteiger charge is -2.35. The fourth-order valence-electron chi connectivity index (χ4n) is 4.28. The maximum atomic E-state index is 13.3. The summed E-state index contributed by atoms with van der Waals surface area (Å²) in [6.45, 7) is 4.81. The van der Waals surface area contributed by atoms with Gasteiger partial charge in [-0.15, -0.1) is 0 Å². The molecule has 2 unspecified atom stereocenters. The molecule has 1 aliphatic rings. The molecule has 1 saturated heterocycles. The standard InChI is InChI=1S/C23H25N3O6S/c1-16-11-25(12-17(2)32-16)23(27)14-24-13-22(20-8-3-4-9-21(20)24)33(30,31)15-18-6-5-7-19(10-18)26(28)29/h3-10,13,16-17H,11-12,14-15H2,1-2H3. The number of rotatable bonds is 6. The average Bonchev–Trinajstić information content (AvgIpc) is 3.12. The summed E-state index contributed by atoms with van der Waals surface area (Å²) in [5.41, 5.74) is 0.802. The first-order valence-corrected chi connectivity index (χ1v) is 12.3. The van der Waals surface area contributed by atoms with Crippen LogP contribution in [0.25, 0.3) is 10.9 Å². The van der Waals surface area contributed by atoms with Gasteiger partial charge in [0.15, 0.2) is 9.84 Å². The Balaban J connectivity index is 1.65. The van der Waals surface area contributed by atoms with Gasteiger partial charge in [0, 0.05) is 42.3 Å². The van der Waals surface area contributed by atoms with Crippen molar-refractivity contribution in [3.8, 4) is 0 Å². The number of ether oxygens (including phenoxy) is 1. The van der Waals surface area contributed by atoms with E-state index in [1.165, 1.54) is 24.4 Å². The van der Waals surface area contributed by atoms with Gasteiger partial charge in [-0.1, -0.05) is 30.3 Å². The number of carbonyl (C=O) groups excluding carboxylic acids is 1. The number of nitro benzene ring substituents is 1. The molecule has 33 heavy (non-hydrogen) atoms. The largest absolute Gasteiger partial charge is 0.372 e. The van der Waals surface area contributed by atoms with Crippen molar-refractivity contribution in [3.05, 3.63) is 70.4 Å². The fraction of sp³-hybridized carbons (Fsp3) is 0.348. The summed E-state index contributed by atoms with van der Waals surface area (Å²) in [5, 5.41) is 11.6. The summed E-state index contributed by atoms with van der Waals surface area (Å²) in [5.74, 6) is -0.491. The molecule has 0 N–H and O–H groups in total. The summed E-state index contributed by atoms with van der Waals surface area (Å²) < 4.78 is 33.9. The molecule has 0 aliphatic carbocycles. The number of nitrogens with zero attached hydrogens (tertiary/aromatic N) is 3. The molecular weight excluding hydrogens is 446 g/mol. The lowest BCUT2D eigenvalue weighted by atomic mass is 10.2. The molecule has 9 nitrogen and oxygen atoms in total. The van der Waals surface area contributed by atoms with E-state index in [1.807, 2.05) is 13.8 Å². The lowest BCUT2D eigenvalue weighted by molar-refractivity contribution is -0.384. The quantitative estimate of drug-likeness (QED) is 0.403. The van der Waals surface area contributed by atoms with Crippen molar-refractivity contribution in [2.45, 2.75) is 43.2 Å². The van der Waals surface area contributed by atoms with E-state index in [1.54, 1.807) is 39.8 Å². The third-order valence-electron chi connectivity index (χ3n) is 5.64. The Morgan fingerprint density at radius 3 is 2.52 bits per heavy atom. The summed E-state index contributed by atoms with van der Waals surface area (Å²) in [6.07, 6.45) is 1.36. The first kappa shape index (κ1) is 22.9. The third-order valence-corrected chi connectivity index (χ3v) is 7.35. The second-order valence-corrected chi connectivity index (χ2v) is 10.3. The van der Waals surface area contributed by atoms with E-state index in [2.05, 4.69) is 0 Å². The zero-order chi connectivity index (χ0) is 23.8. The van der Waals surface area contributed by atoms with E-state index in [4.69, 9.17) is 4.74 Å². The topological polar surface area (TPSA) is 112 Å². The molecule has 2 heterocycles. The van der Waals surface area contributed by atoms with Crippen LogP contribution in [0.15, 0.2) is 59.6 Å². The monoisotopic (exact) mass is 471 g/mol. The molecule has 2 aromatic carbocycles. The van der Waals surface area contributed by atoms with Crippen LogP contribution in [0.3, 0.4) is 0 Å². The van der Waals surface area contributed by atoms with Crippen LogP contribution in [0, 0.1) is 10.1 Å². The van der Waals surface area contributed by atoms with Crippen molar-refractivity contribution in [1.82, 2.24) is 9.47 Å². The SMILES string of the molecule is CC1CN(C(=O)Cn2cc(S(=O)(=O)Cc3cccc([N+](=O)[O-])c3)c3ccccc32)CC(C)O1. The van der Waals surface area contributed by atoms with Gasteiger partial charge < -0.3 is 14.2 Å². The lowest BCUT2D eigenvalue weighted by Crippen LogP contribution is -2.49. The Morgan fingerprint density at radius 1 is 1.12 bits per heavy atom. The van der Waals surface area contributed by atoms with E-state index in [-0.39, 0.29) is 41.0 Å². The predicted molar refractivity (Wildman–Crippen MR) is 123 cm³/mol. The summed E-state index contributed by atoms with van der Waals surface area (Å²) >= 11 is 0. The van der Waals surface area contributed by atoms with Gasteiger partial charge in [0.1, 0.15) is 6.54 Å². The molecule has 1 aliphatic heterocycles. The Labute approximate surface area is 191 Å². The highest BCUT2D eigenvalue weighted by molar-refractivity contribution is 7.90. The van der Waals surface area contributed by atoms with Gasteiger partial charge in [0.25, 0.3) is 5.69 Å². The third kappa shape index (κ3) is 4.91. The molecule has 0 radical (unpaired) electrons. The van der Waals surface area contributed by atoms with Crippen LogP contribution in [0.5, 0.6) is 0 Å². The Bertz CT molecular complexity index is 1310. The van der Waals surface area contributed by atoms with Crippen molar-refractivity contribution < 1.29 is 22.9 Å². The van der Waals surface area contributed by atoms with Gasteiger partial charge in [-0.3, -0.25) is 14.9 Å². The van der Waals surface area contributed by atoms with Gasteiger partial charge in [0.05, 0.1) is 27.8 Å². The first-order valence-electron chi connectivity index (χ1n) is 10.6. The highest BCUT2D eigenvalue weighted by Crippen LogP contribution is 2.29. The number of hydrogen-bond donors (Lipinski definition) is 0. The predicted octanol–water partition coefficient (Wildman–Crippen LogP) is 3.16. The van der Waals surface area contributed by atoms with E-state index in [0.29, 0.717) is 29.6 Å². The molecular formula is C23H25N3O6S. The normalized spacial score (nSPS) is 19.0. The van der Waals surface area contributed by atoms with Gasteiger partial charge in [-0.05, 0) is 25.5 Å². The molecule has 0 spiro atoms. The van der Waals surface area contributed by atoms with Crippen molar-refractivity contribution >= 4 is 32.3 Å². The molecule has 1 amide bonds. The molecule has 10 heteroatoms. The molecule has 1 fully saturated rings. The van der Waals surface area contributed by atoms with Crippen molar-refractivity contribution in [1.29, 1.82) is 0 Å². The highest BCUT2D eigenvalue weighted by atomic mass is 32.2. The second-order valence-electron chi connectivity index (χ2n) is 8.38. The molecule has 1 aromatic heterocycles. The number of morpholine rings is 1. The van der Waals surface area contributed by atoms with Crippen LogP contribution >= 0.6 is 0 Å². The summed E-state index contributed by atoms with van der Waals surface area (Å²) in [4.78, 5) is 25.3. The number of para-hydroxylation sites is 1. The smallest absolute Gasteiger partial charge is 0.269 e. The van der Waals surface area contributed by atoms with Crippen molar-refractivity contribution in [2.75, 3.05) is 13.1 Å². The molecule has 2 atom stereocenters. The average molecular weight is 472 g/mol. The van der Waals surface area contributed by atoms with E-state index in [9.17, 15) is 23.3 Å². The van der Waals surface area contributed by atoms with Crippen LogP contribution < -0.4 is 0 Å². The molecule has 3 aromatic rings. The Kier molecular flexibility index (Phi) is 6.22. The van der Waals surface area contributed by atoms with Crippen LogP contribution in [-0.2, 0) is 31.7 Å². The van der Waals surface area contributed by atoms with Crippen molar-refractivity contribution in [2.24, 2.45) is 0 Å².